The molecule has 2 aromatic rings. The minimum Gasteiger partial charge on any atom is -0.453 e. The highest BCUT2D eigenvalue weighted by Gasteiger charge is 2.17. The molecule has 122 valence electrons. The van der Waals surface area contributed by atoms with Gasteiger partial charge in [0.15, 0.2) is 6.10 Å². The molecule has 0 radical (unpaired) electrons. The number of amides is 1. The van der Waals surface area contributed by atoms with Crippen molar-refractivity contribution < 1.29 is 14.3 Å². The van der Waals surface area contributed by atoms with E-state index in [4.69, 9.17) is 4.74 Å². The van der Waals surface area contributed by atoms with Gasteiger partial charge in [-0.25, -0.2) is 0 Å². The van der Waals surface area contributed by atoms with Crippen LogP contribution in [0.25, 0.3) is 0 Å². The molecule has 4 nitrogen and oxygen atoms in total. The van der Waals surface area contributed by atoms with Crippen LogP contribution in [0, 0.1) is 0 Å². The third kappa shape index (κ3) is 6.15. The lowest BCUT2D eigenvalue weighted by atomic mass is 10.2. The number of hydrogen-bond donors (Lipinski definition) is 1. The van der Waals surface area contributed by atoms with Gasteiger partial charge >= 0.3 is 5.97 Å². The molecule has 6 heteroatoms. The first-order valence-corrected chi connectivity index (χ1v) is 9.00. The van der Waals surface area contributed by atoms with Crippen molar-refractivity contribution in [1.29, 1.82) is 0 Å². The number of hydrogen-bond acceptors (Lipinski definition) is 4. The quantitative estimate of drug-likeness (QED) is 0.706. The SMILES string of the molecule is C[C@H](OC(=O)CCCc1cccs1)C(=O)Nc1ccc(Br)cc1. The molecule has 0 spiro atoms. The number of anilines is 1. The van der Waals surface area contributed by atoms with Gasteiger partial charge in [-0.15, -0.1) is 11.3 Å². The summed E-state index contributed by atoms with van der Waals surface area (Å²) in [6.45, 7) is 1.57. The molecule has 1 aromatic carbocycles. The van der Waals surface area contributed by atoms with Crippen molar-refractivity contribution in [2.75, 3.05) is 5.32 Å². The third-order valence-electron chi connectivity index (χ3n) is 3.17. The van der Waals surface area contributed by atoms with Crippen molar-refractivity contribution in [2.45, 2.75) is 32.3 Å². The fourth-order valence-corrected chi connectivity index (χ4v) is 2.96. The minimum atomic E-state index is -0.812. The Hall–Kier alpha value is -1.66. The average Bonchev–Trinajstić information content (AvgIpc) is 3.02. The normalized spacial score (nSPS) is 11.7. The molecule has 0 saturated heterocycles. The molecule has 0 aliphatic heterocycles. The van der Waals surface area contributed by atoms with E-state index in [-0.39, 0.29) is 11.9 Å². The predicted octanol–water partition coefficient (Wildman–Crippen LogP) is 4.40. The van der Waals surface area contributed by atoms with Gasteiger partial charge in [0.25, 0.3) is 5.91 Å². The van der Waals surface area contributed by atoms with Gasteiger partial charge in [-0.2, -0.15) is 0 Å². The van der Waals surface area contributed by atoms with E-state index in [0.29, 0.717) is 12.1 Å². The fourth-order valence-electron chi connectivity index (χ4n) is 1.95. The van der Waals surface area contributed by atoms with Crippen LogP contribution in [0.3, 0.4) is 0 Å². The molecule has 1 N–H and O–H groups in total. The molecule has 0 aliphatic carbocycles. The number of thiophene rings is 1. The van der Waals surface area contributed by atoms with E-state index in [0.717, 1.165) is 17.3 Å². The van der Waals surface area contributed by atoms with Crippen LogP contribution >= 0.6 is 27.3 Å². The monoisotopic (exact) mass is 395 g/mol. The summed E-state index contributed by atoms with van der Waals surface area (Å²) >= 11 is 5.01. The number of benzene rings is 1. The number of nitrogens with one attached hydrogen (secondary N) is 1. The molecule has 0 unspecified atom stereocenters. The molecular weight excluding hydrogens is 378 g/mol. The molecule has 0 bridgehead atoms. The standard InChI is InChI=1S/C17H18BrNO3S/c1-12(17(21)19-14-9-7-13(18)8-10-14)22-16(20)6-2-4-15-5-3-11-23-15/h3,5,7-12H,2,4,6H2,1H3,(H,19,21)/t12-/m0/s1. The zero-order chi connectivity index (χ0) is 16.7. The molecule has 1 heterocycles. The predicted molar refractivity (Wildman–Crippen MR) is 95.6 cm³/mol. The fraction of sp³-hybridized carbons (Fsp3) is 0.294. The summed E-state index contributed by atoms with van der Waals surface area (Å²) < 4.78 is 6.10. The summed E-state index contributed by atoms with van der Waals surface area (Å²) in [5, 5.41) is 4.73. The Balaban J connectivity index is 1.71. The maximum atomic E-state index is 12.0. The van der Waals surface area contributed by atoms with E-state index in [1.807, 2.05) is 29.6 Å². The Kier molecular flexibility index (Phi) is 6.80. The summed E-state index contributed by atoms with van der Waals surface area (Å²) in [5.41, 5.74) is 0.666. The lowest BCUT2D eigenvalue weighted by molar-refractivity contribution is -0.153. The zero-order valence-corrected chi connectivity index (χ0v) is 15.2. The Labute approximate surface area is 148 Å². The van der Waals surface area contributed by atoms with Crippen LogP contribution in [0.5, 0.6) is 0 Å². The first-order chi connectivity index (χ1) is 11.0. The number of aryl methyl sites for hydroxylation is 1. The summed E-state index contributed by atoms with van der Waals surface area (Å²) in [6.07, 6.45) is 1.08. The molecule has 1 aromatic heterocycles. The van der Waals surface area contributed by atoms with Crippen molar-refractivity contribution in [3.8, 4) is 0 Å². The maximum absolute atomic E-state index is 12.0. The molecule has 0 saturated carbocycles. The number of esters is 1. The Morgan fingerprint density at radius 2 is 2.00 bits per heavy atom. The second kappa shape index (κ2) is 8.84. The average molecular weight is 396 g/mol. The summed E-state index contributed by atoms with van der Waals surface area (Å²) in [7, 11) is 0. The molecule has 0 fully saturated rings. The number of rotatable bonds is 7. The zero-order valence-electron chi connectivity index (χ0n) is 12.8. The van der Waals surface area contributed by atoms with E-state index in [2.05, 4.69) is 21.2 Å². The first kappa shape index (κ1) is 17.7. The second-order valence-corrected chi connectivity index (χ2v) is 7.01. The largest absolute Gasteiger partial charge is 0.453 e. The highest BCUT2D eigenvalue weighted by molar-refractivity contribution is 9.10. The van der Waals surface area contributed by atoms with E-state index in [1.54, 1.807) is 30.4 Å². The van der Waals surface area contributed by atoms with Gasteiger partial charge in [0.1, 0.15) is 0 Å². The Morgan fingerprint density at radius 1 is 1.26 bits per heavy atom. The number of carbonyl (C=O) groups excluding carboxylic acids is 2. The minimum absolute atomic E-state index is 0.313. The van der Waals surface area contributed by atoms with Gasteiger partial charge in [0.2, 0.25) is 0 Å². The third-order valence-corrected chi connectivity index (χ3v) is 4.64. The van der Waals surface area contributed by atoms with Crippen LogP contribution in [0.15, 0.2) is 46.3 Å². The van der Waals surface area contributed by atoms with E-state index in [9.17, 15) is 9.59 Å². The Bertz CT molecular complexity index is 640. The van der Waals surface area contributed by atoms with E-state index >= 15 is 0 Å². The lowest BCUT2D eigenvalue weighted by Crippen LogP contribution is -2.29. The van der Waals surface area contributed by atoms with Crippen molar-refractivity contribution in [1.82, 2.24) is 0 Å². The van der Waals surface area contributed by atoms with Gasteiger partial charge in [-0.1, -0.05) is 22.0 Å². The van der Waals surface area contributed by atoms with Crippen molar-refractivity contribution in [3.05, 3.63) is 51.1 Å². The van der Waals surface area contributed by atoms with Gasteiger partial charge in [0, 0.05) is 21.5 Å². The van der Waals surface area contributed by atoms with Crippen molar-refractivity contribution in [2.24, 2.45) is 0 Å². The van der Waals surface area contributed by atoms with Crippen molar-refractivity contribution >= 4 is 44.8 Å². The number of ether oxygens (including phenoxy) is 1. The van der Waals surface area contributed by atoms with Gasteiger partial charge in [-0.05, 0) is 55.5 Å². The van der Waals surface area contributed by atoms with Crippen LogP contribution in [-0.2, 0) is 20.7 Å². The number of carbonyl (C=O) groups is 2. The molecule has 0 aliphatic rings. The van der Waals surface area contributed by atoms with Gasteiger partial charge < -0.3 is 10.1 Å². The van der Waals surface area contributed by atoms with Crippen LogP contribution in [0.4, 0.5) is 5.69 Å². The number of halogens is 1. The molecule has 1 atom stereocenters. The lowest BCUT2D eigenvalue weighted by Gasteiger charge is -2.13. The molecule has 2 rings (SSSR count). The topological polar surface area (TPSA) is 55.4 Å². The second-order valence-electron chi connectivity index (χ2n) is 5.06. The molecule has 1 amide bonds. The smallest absolute Gasteiger partial charge is 0.306 e. The van der Waals surface area contributed by atoms with E-state index < -0.39 is 6.10 Å². The summed E-state index contributed by atoms with van der Waals surface area (Å²) in [6, 6.07) is 11.2. The van der Waals surface area contributed by atoms with Crippen LogP contribution < -0.4 is 5.32 Å². The maximum Gasteiger partial charge on any atom is 0.306 e. The summed E-state index contributed by atoms with van der Waals surface area (Å²) in [4.78, 5) is 25.0. The highest BCUT2D eigenvalue weighted by atomic mass is 79.9. The molecule has 23 heavy (non-hydrogen) atoms. The molecular formula is C17H18BrNO3S. The highest BCUT2D eigenvalue weighted by Crippen LogP contribution is 2.15. The Morgan fingerprint density at radius 3 is 2.65 bits per heavy atom. The van der Waals surface area contributed by atoms with Crippen LogP contribution in [-0.4, -0.2) is 18.0 Å². The van der Waals surface area contributed by atoms with Crippen molar-refractivity contribution in [3.63, 3.8) is 0 Å². The van der Waals surface area contributed by atoms with Gasteiger partial charge in [-0.3, -0.25) is 9.59 Å². The van der Waals surface area contributed by atoms with Crippen LogP contribution in [0.2, 0.25) is 0 Å². The van der Waals surface area contributed by atoms with Crippen LogP contribution in [0.1, 0.15) is 24.6 Å². The van der Waals surface area contributed by atoms with E-state index in [1.165, 1.54) is 4.88 Å². The van der Waals surface area contributed by atoms with Gasteiger partial charge in [0.05, 0.1) is 0 Å². The summed E-state index contributed by atoms with van der Waals surface area (Å²) in [5.74, 6) is -0.682. The first-order valence-electron chi connectivity index (χ1n) is 7.33.